The van der Waals surface area contributed by atoms with E-state index in [0.717, 1.165) is 50.0 Å². The molecule has 0 aliphatic carbocycles. The summed E-state index contributed by atoms with van der Waals surface area (Å²) in [5, 5.41) is 2.19. The molecule has 1 radical (unpaired) electrons. The summed E-state index contributed by atoms with van der Waals surface area (Å²) in [5.41, 5.74) is 11.6. The predicted octanol–water partition coefficient (Wildman–Crippen LogP) is 11.6. The summed E-state index contributed by atoms with van der Waals surface area (Å²) in [5.74, 6) is 0. The van der Waals surface area contributed by atoms with E-state index >= 15 is 0 Å². The van der Waals surface area contributed by atoms with Crippen molar-refractivity contribution < 1.29 is 24.5 Å². The fourth-order valence-corrected chi connectivity index (χ4v) is 5.66. The minimum absolute atomic E-state index is 0. The molecule has 5 aromatic carbocycles. The molecule has 0 spiro atoms. The Morgan fingerprint density at radius 1 is 0.562 bits per heavy atom. The predicted molar refractivity (Wildman–Crippen MR) is 194 cm³/mol. The summed E-state index contributed by atoms with van der Waals surface area (Å²) in [4.78, 5) is 8.96. The quantitative estimate of drug-likeness (QED) is 0.167. The Morgan fingerprint density at radius 2 is 1.27 bits per heavy atom. The Hall–Kier alpha value is -5.15. The van der Waals surface area contributed by atoms with Gasteiger partial charge in [0, 0.05) is 37.9 Å². The molecule has 0 aliphatic rings. The van der Waals surface area contributed by atoms with Crippen LogP contribution in [0.15, 0.2) is 156 Å². The number of nitrogens with zero attached hydrogens (tertiary/aromatic N) is 2. The monoisotopic (exact) mass is 799 g/mol. The van der Waals surface area contributed by atoms with Crippen molar-refractivity contribution >= 4 is 21.9 Å². The molecule has 3 aromatic heterocycles. The second kappa shape index (κ2) is 14.3. The van der Waals surface area contributed by atoms with E-state index in [1.807, 2.05) is 60.8 Å². The van der Waals surface area contributed by atoms with E-state index in [1.165, 1.54) is 22.3 Å². The summed E-state index contributed by atoms with van der Waals surface area (Å²) in [6.07, 6.45) is 3.75. The maximum absolute atomic E-state index is 6.32. The number of benzene rings is 5. The molecule has 4 heteroatoms. The number of fused-ring (bicyclic) bond motifs is 3. The molecule has 237 valence electrons. The van der Waals surface area contributed by atoms with Gasteiger partial charge in [0.15, 0.2) is 0 Å². The molecule has 0 saturated carbocycles. The van der Waals surface area contributed by atoms with Gasteiger partial charge in [0.2, 0.25) is 0 Å². The van der Waals surface area contributed by atoms with Gasteiger partial charge in [-0.15, -0.1) is 54.1 Å². The first-order valence-corrected chi connectivity index (χ1v) is 15.8. The smallest absolute Gasteiger partial charge is 0.121 e. The summed E-state index contributed by atoms with van der Waals surface area (Å²) >= 11 is 0. The number of hydrogen-bond donors (Lipinski definition) is 0. The van der Waals surface area contributed by atoms with Crippen LogP contribution in [0.2, 0.25) is 0 Å². The average Bonchev–Trinajstić information content (AvgIpc) is 3.51. The topological polar surface area (TPSA) is 38.9 Å². The molecule has 0 unspecified atom stereocenters. The first kappa shape index (κ1) is 32.8. The zero-order chi connectivity index (χ0) is 32.2. The van der Waals surface area contributed by atoms with Gasteiger partial charge in [0.1, 0.15) is 5.58 Å². The van der Waals surface area contributed by atoms with Crippen LogP contribution in [-0.4, -0.2) is 9.97 Å². The average molecular weight is 799 g/mol. The van der Waals surface area contributed by atoms with Crippen LogP contribution in [0.25, 0.3) is 66.7 Å². The van der Waals surface area contributed by atoms with Crippen LogP contribution >= 0.6 is 0 Å². The van der Waals surface area contributed by atoms with Gasteiger partial charge >= 0.3 is 0 Å². The fraction of sp³-hybridized carbons (Fsp3) is 0.0909. The van der Waals surface area contributed by atoms with Crippen LogP contribution < -0.4 is 0 Å². The van der Waals surface area contributed by atoms with Gasteiger partial charge in [0.05, 0.1) is 5.58 Å². The second-order valence-electron chi connectivity index (χ2n) is 12.5. The maximum Gasteiger partial charge on any atom is 0.121 e. The number of rotatable bonds is 4. The van der Waals surface area contributed by atoms with Gasteiger partial charge in [-0.25, -0.2) is 0 Å². The first-order chi connectivity index (χ1) is 22.9. The Balaban J connectivity index is 0.000000201. The van der Waals surface area contributed by atoms with E-state index in [9.17, 15) is 0 Å². The van der Waals surface area contributed by atoms with E-state index in [-0.39, 0.29) is 25.5 Å². The van der Waals surface area contributed by atoms with Gasteiger partial charge in [0.25, 0.3) is 0 Å². The van der Waals surface area contributed by atoms with Gasteiger partial charge in [-0.3, -0.25) is 0 Å². The standard InChI is InChI=1S/C29H18NO.C15H16N.Ir/c1-2-7-20(8-3-1)21-12-14-22(15-13-21)23-16-17-24-25-9-6-10-26(27-11-4-5-18-30-27)29(25)31-28(24)19-23;1-15(2,3)13-9-10-14(16-11-13)12-7-5-4-6-8-12;/h1-9,11-19H;4-7,9-11H,1-3H3;/q2*-1;. The Labute approximate surface area is 295 Å². The third-order valence-electron chi connectivity index (χ3n) is 8.29. The van der Waals surface area contributed by atoms with Gasteiger partial charge in [-0.2, -0.15) is 0 Å². The summed E-state index contributed by atoms with van der Waals surface area (Å²) in [6.45, 7) is 6.58. The number of hydrogen-bond acceptors (Lipinski definition) is 3. The van der Waals surface area contributed by atoms with Crippen molar-refractivity contribution in [3.63, 3.8) is 0 Å². The van der Waals surface area contributed by atoms with Crippen LogP contribution in [0.1, 0.15) is 26.3 Å². The molecular weight excluding hydrogens is 765 g/mol. The minimum Gasteiger partial charge on any atom is -0.501 e. The van der Waals surface area contributed by atoms with Crippen LogP contribution in [0.4, 0.5) is 0 Å². The number of pyridine rings is 2. The molecule has 3 nitrogen and oxygen atoms in total. The molecule has 0 N–H and O–H groups in total. The number of furan rings is 1. The van der Waals surface area contributed by atoms with Crippen LogP contribution in [0, 0.1) is 12.1 Å². The van der Waals surface area contributed by atoms with E-state index in [2.05, 4.69) is 128 Å². The van der Waals surface area contributed by atoms with E-state index in [0.29, 0.717) is 0 Å². The van der Waals surface area contributed by atoms with Crippen molar-refractivity contribution in [1.82, 2.24) is 9.97 Å². The second-order valence-corrected chi connectivity index (χ2v) is 12.5. The minimum atomic E-state index is 0. The van der Waals surface area contributed by atoms with Crippen LogP contribution in [0.3, 0.4) is 0 Å². The van der Waals surface area contributed by atoms with Gasteiger partial charge < -0.3 is 14.4 Å². The summed E-state index contributed by atoms with van der Waals surface area (Å²) in [7, 11) is 0. The molecule has 48 heavy (non-hydrogen) atoms. The number of aromatic nitrogens is 2. The zero-order valence-electron chi connectivity index (χ0n) is 27.1. The fourth-order valence-electron chi connectivity index (χ4n) is 5.66. The van der Waals surface area contributed by atoms with Crippen molar-refractivity contribution in [1.29, 1.82) is 0 Å². The summed E-state index contributed by atoms with van der Waals surface area (Å²) < 4.78 is 6.32. The SMILES string of the molecule is CC(C)(C)c1ccc(-c2[c-]cccc2)nc1.[Ir].[c-]1ccc2c(oc3cc(-c4ccc(-c5ccccc5)cc4)ccc32)c1-c1ccccn1. The molecule has 0 aliphatic heterocycles. The first-order valence-electron chi connectivity index (χ1n) is 15.8. The summed E-state index contributed by atoms with van der Waals surface area (Å²) in [6, 6.07) is 54.0. The molecule has 8 rings (SSSR count). The molecule has 3 heterocycles. The van der Waals surface area contributed by atoms with E-state index in [4.69, 9.17) is 4.42 Å². The molecular formula is C44H34IrN2O-2. The molecule has 0 saturated heterocycles. The van der Waals surface area contributed by atoms with Crippen molar-refractivity contribution in [2.45, 2.75) is 26.2 Å². The van der Waals surface area contributed by atoms with Crippen LogP contribution in [0.5, 0.6) is 0 Å². The van der Waals surface area contributed by atoms with Crippen molar-refractivity contribution in [3.8, 4) is 44.8 Å². The van der Waals surface area contributed by atoms with Crippen LogP contribution in [-0.2, 0) is 25.5 Å². The Kier molecular flexibility index (Phi) is 9.77. The van der Waals surface area contributed by atoms with Crippen molar-refractivity contribution in [2.75, 3.05) is 0 Å². The van der Waals surface area contributed by atoms with Gasteiger partial charge in [-0.05, 0) is 56.8 Å². The van der Waals surface area contributed by atoms with Crippen molar-refractivity contribution in [2.24, 2.45) is 0 Å². The normalized spacial score (nSPS) is 11.1. The van der Waals surface area contributed by atoms with Crippen molar-refractivity contribution in [3.05, 3.63) is 170 Å². The zero-order valence-corrected chi connectivity index (χ0v) is 29.5. The molecule has 0 bridgehead atoms. The third-order valence-corrected chi connectivity index (χ3v) is 8.29. The third kappa shape index (κ3) is 7.06. The largest absolute Gasteiger partial charge is 0.501 e. The van der Waals surface area contributed by atoms with Gasteiger partial charge in [-0.1, -0.05) is 123 Å². The van der Waals surface area contributed by atoms with E-state index in [1.54, 1.807) is 6.20 Å². The molecule has 8 aromatic rings. The van der Waals surface area contributed by atoms with E-state index < -0.39 is 0 Å². The molecule has 0 amide bonds. The molecule has 0 atom stereocenters. The Morgan fingerprint density at radius 3 is 1.94 bits per heavy atom. The maximum atomic E-state index is 6.32. The molecule has 0 fully saturated rings. The Bertz CT molecular complexity index is 2240.